The maximum absolute atomic E-state index is 5.35. The first kappa shape index (κ1) is 11.3. The summed E-state index contributed by atoms with van der Waals surface area (Å²) in [4.78, 5) is 0. The second kappa shape index (κ2) is 5.24. The van der Waals surface area contributed by atoms with Crippen molar-refractivity contribution in [3.8, 4) is 5.75 Å². The van der Waals surface area contributed by atoms with Gasteiger partial charge in [0.2, 0.25) is 0 Å². The van der Waals surface area contributed by atoms with Gasteiger partial charge in [-0.2, -0.15) is 0 Å². The molecule has 1 aromatic rings. The lowest BCUT2D eigenvalue weighted by Crippen LogP contribution is -2.15. The van der Waals surface area contributed by atoms with Crippen molar-refractivity contribution in [3.05, 3.63) is 24.3 Å². The third kappa shape index (κ3) is 2.49. The SMILES string of the molecule is CCC1CCC(Nc2ccccc2OC)C1. The van der Waals surface area contributed by atoms with E-state index in [-0.39, 0.29) is 0 Å². The van der Waals surface area contributed by atoms with E-state index in [9.17, 15) is 0 Å². The van der Waals surface area contributed by atoms with E-state index in [0.717, 1.165) is 17.4 Å². The molecule has 2 heteroatoms. The molecular formula is C14H21NO. The van der Waals surface area contributed by atoms with Crippen LogP contribution in [0.5, 0.6) is 5.75 Å². The van der Waals surface area contributed by atoms with E-state index in [1.165, 1.54) is 25.7 Å². The molecule has 1 aromatic carbocycles. The average Bonchev–Trinajstić information content (AvgIpc) is 2.77. The first-order valence-electron chi connectivity index (χ1n) is 6.23. The lowest BCUT2D eigenvalue weighted by molar-refractivity contribution is 0.415. The number of nitrogens with one attached hydrogen (secondary N) is 1. The Labute approximate surface area is 98.0 Å². The van der Waals surface area contributed by atoms with Crippen molar-refractivity contribution in [1.29, 1.82) is 0 Å². The molecule has 16 heavy (non-hydrogen) atoms. The Bertz CT molecular complexity index is 337. The molecule has 1 aliphatic carbocycles. The van der Waals surface area contributed by atoms with Crippen molar-refractivity contribution in [2.24, 2.45) is 5.92 Å². The summed E-state index contributed by atoms with van der Waals surface area (Å²) in [6.45, 7) is 2.29. The summed E-state index contributed by atoms with van der Waals surface area (Å²) < 4.78 is 5.35. The van der Waals surface area contributed by atoms with E-state index in [1.807, 2.05) is 12.1 Å². The zero-order chi connectivity index (χ0) is 11.4. The number of benzene rings is 1. The summed E-state index contributed by atoms with van der Waals surface area (Å²) in [5.41, 5.74) is 1.13. The van der Waals surface area contributed by atoms with Gasteiger partial charge in [-0.1, -0.05) is 25.5 Å². The molecule has 1 N–H and O–H groups in total. The second-order valence-electron chi connectivity index (χ2n) is 4.63. The van der Waals surface area contributed by atoms with Gasteiger partial charge in [-0.05, 0) is 37.3 Å². The molecule has 2 rings (SSSR count). The fourth-order valence-corrected chi connectivity index (χ4v) is 2.56. The number of anilines is 1. The van der Waals surface area contributed by atoms with Gasteiger partial charge in [-0.15, -0.1) is 0 Å². The van der Waals surface area contributed by atoms with Crippen molar-refractivity contribution in [1.82, 2.24) is 0 Å². The normalized spacial score (nSPS) is 24.4. The Balaban J connectivity index is 1.99. The van der Waals surface area contributed by atoms with E-state index in [2.05, 4.69) is 24.4 Å². The van der Waals surface area contributed by atoms with Gasteiger partial charge >= 0.3 is 0 Å². The molecular weight excluding hydrogens is 198 g/mol. The zero-order valence-electron chi connectivity index (χ0n) is 10.2. The smallest absolute Gasteiger partial charge is 0.141 e. The molecule has 0 aromatic heterocycles. The first-order valence-corrected chi connectivity index (χ1v) is 6.23. The molecule has 0 radical (unpaired) electrons. The second-order valence-corrected chi connectivity index (χ2v) is 4.63. The predicted molar refractivity (Wildman–Crippen MR) is 68.0 cm³/mol. The van der Waals surface area contributed by atoms with Crippen LogP contribution in [-0.2, 0) is 0 Å². The van der Waals surface area contributed by atoms with Crippen LogP contribution in [0.25, 0.3) is 0 Å². The highest BCUT2D eigenvalue weighted by atomic mass is 16.5. The lowest BCUT2D eigenvalue weighted by atomic mass is 10.1. The molecule has 0 bridgehead atoms. The highest BCUT2D eigenvalue weighted by Gasteiger charge is 2.23. The van der Waals surface area contributed by atoms with Crippen molar-refractivity contribution in [3.63, 3.8) is 0 Å². The largest absolute Gasteiger partial charge is 0.495 e. The number of para-hydroxylation sites is 2. The fraction of sp³-hybridized carbons (Fsp3) is 0.571. The van der Waals surface area contributed by atoms with Crippen LogP contribution < -0.4 is 10.1 Å². The summed E-state index contributed by atoms with van der Waals surface area (Å²) in [6, 6.07) is 8.79. The molecule has 0 saturated heterocycles. The molecule has 0 aliphatic heterocycles. The van der Waals surface area contributed by atoms with Crippen LogP contribution in [0.3, 0.4) is 0 Å². The third-order valence-corrected chi connectivity index (χ3v) is 3.59. The minimum absolute atomic E-state index is 0.626. The number of methoxy groups -OCH3 is 1. The molecule has 0 amide bonds. The van der Waals surface area contributed by atoms with Gasteiger partial charge < -0.3 is 10.1 Å². The van der Waals surface area contributed by atoms with Crippen LogP contribution >= 0.6 is 0 Å². The van der Waals surface area contributed by atoms with Gasteiger partial charge in [0.05, 0.1) is 12.8 Å². The van der Waals surface area contributed by atoms with Gasteiger partial charge in [0.15, 0.2) is 0 Å². The summed E-state index contributed by atoms with van der Waals surface area (Å²) in [5.74, 6) is 1.86. The maximum Gasteiger partial charge on any atom is 0.141 e. The Kier molecular flexibility index (Phi) is 3.70. The van der Waals surface area contributed by atoms with Crippen LogP contribution in [0.2, 0.25) is 0 Å². The van der Waals surface area contributed by atoms with E-state index >= 15 is 0 Å². The number of ether oxygens (including phenoxy) is 1. The average molecular weight is 219 g/mol. The number of hydrogen-bond acceptors (Lipinski definition) is 2. The Morgan fingerprint density at radius 1 is 1.31 bits per heavy atom. The maximum atomic E-state index is 5.35. The van der Waals surface area contributed by atoms with Crippen molar-refractivity contribution in [2.45, 2.75) is 38.6 Å². The summed E-state index contributed by atoms with van der Waals surface area (Å²) in [7, 11) is 1.73. The summed E-state index contributed by atoms with van der Waals surface area (Å²) in [5, 5.41) is 3.60. The summed E-state index contributed by atoms with van der Waals surface area (Å²) >= 11 is 0. The van der Waals surface area contributed by atoms with Crippen molar-refractivity contribution in [2.75, 3.05) is 12.4 Å². The molecule has 0 spiro atoms. The van der Waals surface area contributed by atoms with E-state index in [1.54, 1.807) is 7.11 Å². The third-order valence-electron chi connectivity index (χ3n) is 3.59. The van der Waals surface area contributed by atoms with Crippen LogP contribution in [0.4, 0.5) is 5.69 Å². The Morgan fingerprint density at radius 3 is 2.81 bits per heavy atom. The molecule has 88 valence electrons. The van der Waals surface area contributed by atoms with Crippen molar-refractivity contribution < 1.29 is 4.74 Å². The van der Waals surface area contributed by atoms with Gasteiger partial charge in [0.1, 0.15) is 5.75 Å². The van der Waals surface area contributed by atoms with Gasteiger partial charge in [0.25, 0.3) is 0 Å². The first-order chi connectivity index (χ1) is 7.83. The molecule has 1 saturated carbocycles. The quantitative estimate of drug-likeness (QED) is 0.834. The molecule has 1 aliphatic rings. The van der Waals surface area contributed by atoms with Crippen LogP contribution in [0.1, 0.15) is 32.6 Å². The Hall–Kier alpha value is -1.18. The van der Waals surface area contributed by atoms with E-state index in [0.29, 0.717) is 6.04 Å². The van der Waals surface area contributed by atoms with Gasteiger partial charge in [-0.25, -0.2) is 0 Å². The number of hydrogen-bond donors (Lipinski definition) is 1. The minimum Gasteiger partial charge on any atom is -0.495 e. The summed E-state index contributed by atoms with van der Waals surface area (Å²) in [6.07, 6.45) is 5.26. The lowest BCUT2D eigenvalue weighted by Gasteiger charge is -2.16. The van der Waals surface area contributed by atoms with Crippen molar-refractivity contribution >= 4 is 5.69 Å². The molecule has 2 unspecified atom stereocenters. The molecule has 1 fully saturated rings. The van der Waals surface area contributed by atoms with Gasteiger partial charge in [-0.3, -0.25) is 0 Å². The number of rotatable bonds is 4. The minimum atomic E-state index is 0.626. The fourth-order valence-electron chi connectivity index (χ4n) is 2.56. The zero-order valence-corrected chi connectivity index (χ0v) is 10.2. The highest BCUT2D eigenvalue weighted by molar-refractivity contribution is 5.56. The Morgan fingerprint density at radius 2 is 2.12 bits per heavy atom. The van der Waals surface area contributed by atoms with Crippen LogP contribution in [0, 0.1) is 5.92 Å². The molecule has 0 heterocycles. The molecule has 2 atom stereocenters. The van der Waals surface area contributed by atoms with E-state index < -0.39 is 0 Å². The standard InChI is InChI=1S/C14H21NO/c1-3-11-8-9-12(10-11)15-13-6-4-5-7-14(13)16-2/h4-7,11-12,15H,3,8-10H2,1-2H3. The van der Waals surface area contributed by atoms with Gasteiger partial charge in [0, 0.05) is 6.04 Å². The van der Waals surface area contributed by atoms with E-state index in [4.69, 9.17) is 4.74 Å². The molecule has 2 nitrogen and oxygen atoms in total. The topological polar surface area (TPSA) is 21.3 Å². The monoisotopic (exact) mass is 219 g/mol. The predicted octanol–water partition coefficient (Wildman–Crippen LogP) is 3.69. The van der Waals surface area contributed by atoms with Crippen LogP contribution in [0.15, 0.2) is 24.3 Å². The van der Waals surface area contributed by atoms with Crippen LogP contribution in [-0.4, -0.2) is 13.2 Å². The highest BCUT2D eigenvalue weighted by Crippen LogP contribution is 2.32.